The summed E-state index contributed by atoms with van der Waals surface area (Å²) in [4.78, 5) is 0. The molecule has 0 aromatic heterocycles. The molecule has 0 radical (unpaired) electrons. The fourth-order valence-electron chi connectivity index (χ4n) is 2.56. The highest BCUT2D eigenvalue weighted by molar-refractivity contribution is 4.88. The molecule has 2 heteroatoms. The van der Waals surface area contributed by atoms with Crippen LogP contribution in [0.2, 0.25) is 0 Å². The largest absolute Gasteiger partial charge is 0.330 e. The molecule has 0 aromatic rings. The number of rotatable bonds is 3. The summed E-state index contributed by atoms with van der Waals surface area (Å²) < 4.78 is 0. The molecule has 0 heterocycles. The molecule has 1 rings (SSSR count). The highest BCUT2D eigenvalue weighted by Crippen LogP contribution is 2.41. The third-order valence-electron chi connectivity index (χ3n) is 4.37. The summed E-state index contributed by atoms with van der Waals surface area (Å²) in [5.41, 5.74) is 12.3. The van der Waals surface area contributed by atoms with Crippen LogP contribution in [0.5, 0.6) is 0 Å². The molecular formula is C12H26N2. The maximum atomic E-state index is 6.15. The first-order chi connectivity index (χ1) is 6.51. The zero-order chi connectivity index (χ0) is 10.8. The van der Waals surface area contributed by atoms with Crippen molar-refractivity contribution < 1.29 is 0 Å². The molecule has 1 aliphatic carbocycles. The van der Waals surface area contributed by atoms with Gasteiger partial charge in [-0.05, 0) is 43.1 Å². The average molecular weight is 198 g/mol. The normalized spacial score (nSPS) is 34.5. The lowest BCUT2D eigenvalue weighted by molar-refractivity contribution is 0.115. The summed E-state index contributed by atoms with van der Waals surface area (Å²) in [7, 11) is 0. The van der Waals surface area contributed by atoms with Crippen molar-refractivity contribution in [3.8, 4) is 0 Å². The Labute approximate surface area is 88.4 Å². The smallest absolute Gasteiger partial charge is 0.00820 e. The van der Waals surface area contributed by atoms with Crippen LogP contribution in [0.3, 0.4) is 0 Å². The highest BCUT2D eigenvalue weighted by Gasteiger charge is 2.34. The Kier molecular flexibility index (Phi) is 3.96. The minimum Gasteiger partial charge on any atom is -0.330 e. The van der Waals surface area contributed by atoms with Gasteiger partial charge in [0.05, 0.1) is 0 Å². The molecule has 1 aliphatic rings. The van der Waals surface area contributed by atoms with E-state index in [9.17, 15) is 0 Å². The average Bonchev–Trinajstić information content (AvgIpc) is 2.17. The molecule has 0 aliphatic heterocycles. The van der Waals surface area contributed by atoms with E-state index in [-0.39, 0.29) is 0 Å². The zero-order valence-electron chi connectivity index (χ0n) is 9.92. The van der Waals surface area contributed by atoms with Crippen molar-refractivity contribution in [2.24, 2.45) is 28.7 Å². The Bertz CT molecular complexity index is 177. The Balaban J connectivity index is 2.54. The molecular weight excluding hydrogens is 172 g/mol. The first kappa shape index (κ1) is 12.0. The molecule has 1 fully saturated rings. The van der Waals surface area contributed by atoms with Gasteiger partial charge in [0.2, 0.25) is 0 Å². The van der Waals surface area contributed by atoms with Gasteiger partial charge >= 0.3 is 0 Å². The molecule has 1 saturated carbocycles. The second-order valence-corrected chi connectivity index (χ2v) is 5.51. The van der Waals surface area contributed by atoms with E-state index in [0.29, 0.717) is 17.4 Å². The van der Waals surface area contributed by atoms with E-state index in [1.165, 1.54) is 25.7 Å². The van der Waals surface area contributed by atoms with Crippen LogP contribution in [0.25, 0.3) is 0 Å². The maximum absolute atomic E-state index is 6.15. The van der Waals surface area contributed by atoms with Crippen molar-refractivity contribution in [2.45, 2.75) is 52.5 Å². The topological polar surface area (TPSA) is 52.0 Å². The molecule has 0 saturated heterocycles. The molecule has 84 valence electrons. The lowest BCUT2D eigenvalue weighted by atomic mass is 9.66. The summed E-state index contributed by atoms with van der Waals surface area (Å²) >= 11 is 0. The van der Waals surface area contributed by atoms with Crippen LogP contribution in [0.15, 0.2) is 0 Å². The minimum absolute atomic E-state index is 0.338. The molecule has 3 unspecified atom stereocenters. The van der Waals surface area contributed by atoms with E-state index in [2.05, 4.69) is 20.8 Å². The van der Waals surface area contributed by atoms with E-state index in [4.69, 9.17) is 11.5 Å². The Morgan fingerprint density at radius 2 is 1.93 bits per heavy atom. The van der Waals surface area contributed by atoms with Gasteiger partial charge in [-0.15, -0.1) is 0 Å². The summed E-state index contributed by atoms with van der Waals surface area (Å²) in [6.07, 6.45) is 4.96. The lowest BCUT2D eigenvalue weighted by Gasteiger charge is -2.41. The number of hydrogen-bond acceptors (Lipinski definition) is 2. The second-order valence-electron chi connectivity index (χ2n) is 5.51. The van der Waals surface area contributed by atoms with Crippen molar-refractivity contribution in [1.82, 2.24) is 0 Å². The number of hydrogen-bond donors (Lipinski definition) is 2. The van der Waals surface area contributed by atoms with Crippen molar-refractivity contribution in [2.75, 3.05) is 6.54 Å². The van der Waals surface area contributed by atoms with Gasteiger partial charge in [-0.1, -0.05) is 27.2 Å². The van der Waals surface area contributed by atoms with Crippen LogP contribution in [-0.2, 0) is 0 Å². The van der Waals surface area contributed by atoms with Crippen LogP contribution in [0, 0.1) is 17.3 Å². The van der Waals surface area contributed by atoms with Crippen molar-refractivity contribution >= 4 is 0 Å². The van der Waals surface area contributed by atoms with E-state index >= 15 is 0 Å². The maximum Gasteiger partial charge on any atom is 0.00820 e. The predicted molar refractivity (Wildman–Crippen MR) is 61.9 cm³/mol. The third-order valence-corrected chi connectivity index (χ3v) is 4.37. The Morgan fingerprint density at radius 3 is 2.36 bits per heavy atom. The van der Waals surface area contributed by atoms with Gasteiger partial charge in [0, 0.05) is 6.04 Å². The summed E-state index contributed by atoms with van der Waals surface area (Å²) in [6.45, 7) is 7.78. The van der Waals surface area contributed by atoms with Gasteiger partial charge in [0.1, 0.15) is 0 Å². The van der Waals surface area contributed by atoms with Crippen LogP contribution < -0.4 is 11.5 Å². The van der Waals surface area contributed by atoms with Gasteiger partial charge < -0.3 is 11.5 Å². The number of nitrogens with two attached hydrogens (primary N) is 2. The first-order valence-corrected chi connectivity index (χ1v) is 5.97. The van der Waals surface area contributed by atoms with Gasteiger partial charge in [0.15, 0.2) is 0 Å². The molecule has 4 N–H and O–H groups in total. The van der Waals surface area contributed by atoms with Gasteiger partial charge in [0.25, 0.3) is 0 Å². The van der Waals surface area contributed by atoms with Gasteiger partial charge in [-0.25, -0.2) is 0 Å². The van der Waals surface area contributed by atoms with Crippen LogP contribution in [0.1, 0.15) is 46.5 Å². The Morgan fingerprint density at radius 1 is 1.29 bits per heavy atom. The van der Waals surface area contributed by atoms with E-state index in [1.54, 1.807) is 0 Å². The fraction of sp³-hybridized carbons (Fsp3) is 1.00. The zero-order valence-corrected chi connectivity index (χ0v) is 9.92. The van der Waals surface area contributed by atoms with Crippen molar-refractivity contribution in [3.05, 3.63) is 0 Å². The molecule has 14 heavy (non-hydrogen) atoms. The summed E-state index contributed by atoms with van der Waals surface area (Å²) in [5.74, 6) is 1.37. The van der Waals surface area contributed by atoms with E-state index in [1.807, 2.05) is 0 Å². The van der Waals surface area contributed by atoms with Crippen molar-refractivity contribution in [1.29, 1.82) is 0 Å². The fourth-order valence-corrected chi connectivity index (χ4v) is 2.56. The Hall–Kier alpha value is -0.0800. The molecule has 2 nitrogen and oxygen atoms in total. The first-order valence-electron chi connectivity index (χ1n) is 5.97. The van der Waals surface area contributed by atoms with Crippen LogP contribution in [-0.4, -0.2) is 12.6 Å². The predicted octanol–water partition coefficient (Wildman–Crippen LogP) is 2.12. The van der Waals surface area contributed by atoms with Gasteiger partial charge in [-0.3, -0.25) is 0 Å². The molecule has 0 bridgehead atoms. The minimum atomic E-state index is 0.338. The highest BCUT2D eigenvalue weighted by atomic mass is 14.7. The van der Waals surface area contributed by atoms with Crippen molar-refractivity contribution in [3.63, 3.8) is 0 Å². The summed E-state index contributed by atoms with van der Waals surface area (Å²) in [6, 6.07) is 0.338. The molecule has 3 atom stereocenters. The van der Waals surface area contributed by atoms with Gasteiger partial charge in [-0.2, -0.15) is 0 Å². The van der Waals surface area contributed by atoms with E-state index < -0.39 is 0 Å². The summed E-state index contributed by atoms with van der Waals surface area (Å²) in [5, 5.41) is 0. The quantitative estimate of drug-likeness (QED) is 0.730. The van der Waals surface area contributed by atoms with E-state index in [0.717, 1.165) is 12.5 Å². The SMILES string of the molecule is CCC(C)(C)C1CCC(CN)C(N)C1. The van der Waals surface area contributed by atoms with Crippen LogP contribution >= 0.6 is 0 Å². The monoisotopic (exact) mass is 198 g/mol. The molecule has 0 amide bonds. The standard InChI is InChI=1S/C12H26N2/c1-4-12(2,3)10-6-5-9(8-13)11(14)7-10/h9-11H,4-8,13-14H2,1-3H3. The second kappa shape index (κ2) is 4.63. The molecule has 0 spiro atoms. The lowest BCUT2D eigenvalue weighted by Crippen LogP contribution is -2.43. The van der Waals surface area contributed by atoms with Crippen LogP contribution in [0.4, 0.5) is 0 Å². The molecule has 0 aromatic carbocycles. The third kappa shape index (κ3) is 2.48.